The molecule has 0 rings (SSSR count). The summed E-state index contributed by atoms with van der Waals surface area (Å²) in [6.45, 7) is 4.73. The normalized spacial score (nSPS) is 10.7. The topological polar surface area (TPSA) is 57.7 Å². The molecular formula is C10H18N2O3. The van der Waals surface area contributed by atoms with Crippen LogP contribution in [0.15, 0.2) is 0 Å². The lowest BCUT2D eigenvalue weighted by Gasteiger charge is -2.36. The monoisotopic (exact) mass is 214 g/mol. The minimum absolute atomic E-state index is 0.0357. The van der Waals surface area contributed by atoms with E-state index in [9.17, 15) is 14.4 Å². The molecule has 0 aromatic carbocycles. The predicted octanol–water partition coefficient (Wildman–Crippen LogP) is -0.0994. The van der Waals surface area contributed by atoms with E-state index in [2.05, 4.69) is 0 Å². The summed E-state index contributed by atoms with van der Waals surface area (Å²) in [6.07, 6.45) is 0.655. The number of aldehydes is 1. The molecule has 5 heteroatoms. The van der Waals surface area contributed by atoms with E-state index in [0.29, 0.717) is 6.29 Å². The molecule has 0 radical (unpaired) electrons. The van der Waals surface area contributed by atoms with Crippen LogP contribution in [0.1, 0.15) is 20.8 Å². The molecule has 0 saturated heterocycles. The van der Waals surface area contributed by atoms with E-state index in [1.54, 1.807) is 20.9 Å². The Hall–Kier alpha value is -1.39. The maximum absolute atomic E-state index is 11.9. The Labute approximate surface area is 90.0 Å². The van der Waals surface area contributed by atoms with Gasteiger partial charge < -0.3 is 14.6 Å². The molecule has 0 saturated carbocycles. The van der Waals surface area contributed by atoms with Crippen molar-refractivity contribution in [2.45, 2.75) is 26.3 Å². The van der Waals surface area contributed by atoms with E-state index in [1.807, 2.05) is 0 Å². The lowest BCUT2D eigenvalue weighted by atomic mass is 10.0. The van der Waals surface area contributed by atoms with Crippen LogP contribution in [-0.2, 0) is 14.4 Å². The fraction of sp³-hybridized carbons (Fsp3) is 0.700. The van der Waals surface area contributed by atoms with Gasteiger partial charge >= 0.3 is 0 Å². The van der Waals surface area contributed by atoms with E-state index in [0.717, 1.165) is 0 Å². The van der Waals surface area contributed by atoms with Crippen molar-refractivity contribution in [3.05, 3.63) is 0 Å². The summed E-state index contributed by atoms with van der Waals surface area (Å²) < 4.78 is 0. The van der Waals surface area contributed by atoms with Gasteiger partial charge in [0.25, 0.3) is 0 Å². The van der Waals surface area contributed by atoms with Crippen LogP contribution >= 0.6 is 0 Å². The molecular weight excluding hydrogens is 196 g/mol. The van der Waals surface area contributed by atoms with Crippen LogP contribution in [0.4, 0.5) is 0 Å². The Morgan fingerprint density at radius 2 is 1.73 bits per heavy atom. The quantitative estimate of drug-likeness (QED) is 0.614. The summed E-state index contributed by atoms with van der Waals surface area (Å²) >= 11 is 0. The van der Waals surface area contributed by atoms with Crippen molar-refractivity contribution in [2.75, 3.05) is 20.6 Å². The first kappa shape index (κ1) is 13.6. The molecule has 0 spiro atoms. The Morgan fingerprint density at radius 3 is 2.07 bits per heavy atom. The number of carbonyl (C=O) groups excluding carboxylic acids is 3. The number of likely N-dealkylation sites (N-methyl/N-ethyl adjacent to an activating group) is 2. The highest BCUT2D eigenvalue weighted by Crippen LogP contribution is 2.15. The van der Waals surface area contributed by atoms with Crippen LogP contribution in [0.2, 0.25) is 0 Å². The summed E-state index contributed by atoms with van der Waals surface area (Å²) in [7, 11) is 3.10. The molecule has 0 aromatic rings. The van der Waals surface area contributed by atoms with Crippen LogP contribution in [0, 0.1) is 0 Å². The molecule has 0 unspecified atom stereocenters. The molecule has 0 aliphatic rings. The third kappa shape index (κ3) is 3.04. The second-order valence-corrected chi connectivity index (χ2v) is 3.99. The van der Waals surface area contributed by atoms with E-state index >= 15 is 0 Å². The molecule has 0 fully saturated rings. The van der Waals surface area contributed by atoms with Crippen molar-refractivity contribution in [1.29, 1.82) is 0 Å². The third-order valence-corrected chi connectivity index (χ3v) is 2.53. The minimum atomic E-state index is -0.927. The molecule has 0 N–H and O–H groups in total. The number of amides is 2. The van der Waals surface area contributed by atoms with Crippen molar-refractivity contribution in [1.82, 2.24) is 9.80 Å². The average molecular weight is 214 g/mol. The molecule has 0 aliphatic heterocycles. The summed E-state index contributed by atoms with van der Waals surface area (Å²) in [4.78, 5) is 36.0. The van der Waals surface area contributed by atoms with E-state index in [1.165, 1.54) is 23.8 Å². The molecule has 0 bridgehead atoms. The van der Waals surface area contributed by atoms with E-state index in [4.69, 9.17) is 0 Å². The summed E-state index contributed by atoms with van der Waals surface area (Å²) in [5.74, 6) is -0.444. The van der Waals surface area contributed by atoms with Crippen LogP contribution in [0.3, 0.4) is 0 Å². The van der Waals surface area contributed by atoms with Gasteiger partial charge in [0, 0.05) is 21.0 Å². The first-order chi connectivity index (χ1) is 6.75. The van der Waals surface area contributed by atoms with E-state index < -0.39 is 5.54 Å². The van der Waals surface area contributed by atoms with Crippen LogP contribution in [-0.4, -0.2) is 54.1 Å². The molecule has 0 aliphatic carbocycles. The predicted molar refractivity (Wildman–Crippen MR) is 56.2 cm³/mol. The maximum atomic E-state index is 11.9. The highest BCUT2D eigenvalue weighted by molar-refractivity contribution is 5.90. The zero-order valence-electron chi connectivity index (χ0n) is 9.90. The Kier molecular flexibility index (Phi) is 4.45. The first-order valence-electron chi connectivity index (χ1n) is 4.68. The standard InChI is InChI=1S/C10H18N2O3/c1-8(14)12(5)10(2,3)9(15)11(4)6-7-13/h7H,6H2,1-5H3. The highest BCUT2D eigenvalue weighted by Gasteiger charge is 2.35. The van der Waals surface area contributed by atoms with Gasteiger partial charge in [0.15, 0.2) is 0 Å². The second kappa shape index (κ2) is 4.91. The Bertz CT molecular complexity index is 274. The highest BCUT2D eigenvalue weighted by atomic mass is 16.2. The molecule has 86 valence electrons. The third-order valence-electron chi connectivity index (χ3n) is 2.53. The molecule has 2 amide bonds. The van der Waals surface area contributed by atoms with Crippen molar-refractivity contribution < 1.29 is 14.4 Å². The zero-order chi connectivity index (χ0) is 12.2. The van der Waals surface area contributed by atoms with Gasteiger partial charge in [-0.25, -0.2) is 0 Å². The fourth-order valence-electron chi connectivity index (χ4n) is 1.20. The Morgan fingerprint density at radius 1 is 1.27 bits per heavy atom. The number of hydrogen-bond acceptors (Lipinski definition) is 3. The largest absolute Gasteiger partial charge is 0.337 e. The van der Waals surface area contributed by atoms with Crippen molar-refractivity contribution in [3.63, 3.8) is 0 Å². The number of carbonyl (C=O) groups is 3. The van der Waals surface area contributed by atoms with Gasteiger partial charge in [-0.15, -0.1) is 0 Å². The lowest BCUT2D eigenvalue weighted by Crippen LogP contribution is -2.55. The fourth-order valence-corrected chi connectivity index (χ4v) is 1.20. The van der Waals surface area contributed by atoms with Crippen molar-refractivity contribution in [2.24, 2.45) is 0 Å². The minimum Gasteiger partial charge on any atom is -0.337 e. The van der Waals surface area contributed by atoms with E-state index in [-0.39, 0.29) is 18.4 Å². The maximum Gasteiger partial charge on any atom is 0.248 e. The van der Waals surface area contributed by atoms with Gasteiger partial charge in [0.1, 0.15) is 11.8 Å². The van der Waals surface area contributed by atoms with Crippen LogP contribution in [0.5, 0.6) is 0 Å². The Balaban J connectivity index is 4.78. The summed E-state index contributed by atoms with van der Waals surface area (Å²) in [5.41, 5.74) is -0.927. The van der Waals surface area contributed by atoms with Crippen molar-refractivity contribution in [3.8, 4) is 0 Å². The molecule has 5 nitrogen and oxygen atoms in total. The van der Waals surface area contributed by atoms with Gasteiger partial charge in [-0.3, -0.25) is 9.59 Å². The van der Waals surface area contributed by atoms with Gasteiger partial charge in [-0.1, -0.05) is 0 Å². The molecule has 15 heavy (non-hydrogen) atoms. The smallest absolute Gasteiger partial charge is 0.248 e. The van der Waals surface area contributed by atoms with Gasteiger partial charge in [-0.05, 0) is 13.8 Å². The van der Waals surface area contributed by atoms with Crippen LogP contribution < -0.4 is 0 Å². The average Bonchev–Trinajstić information content (AvgIpc) is 2.15. The summed E-state index contributed by atoms with van der Waals surface area (Å²) in [5, 5.41) is 0. The zero-order valence-corrected chi connectivity index (χ0v) is 9.90. The van der Waals surface area contributed by atoms with Gasteiger partial charge in [-0.2, -0.15) is 0 Å². The van der Waals surface area contributed by atoms with Gasteiger partial charge in [0.05, 0.1) is 6.54 Å². The SMILES string of the molecule is CC(=O)N(C)C(C)(C)C(=O)N(C)CC=O. The van der Waals surface area contributed by atoms with Gasteiger partial charge in [0.2, 0.25) is 11.8 Å². The van der Waals surface area contributed by atoms with Crippen molar-refractivity contribution >= 4 is 18.1 Å². The first-order valence-corrected chi connectivity index (χ1v) is 4.68. The molecule has 0 atom stereocenters. The summed E-state index contributed by atoms with van der Waals surface area (Å²) in [6, 6.07) is 0. The van der Waals surface area contributed by atoms with Crippen LogP contribution in [0.25, 0.3) is 0 Å². The molecule has 0 aromatic heterocycles. The number of rotatable bonds is 4. The lowest BCUT2D eigenvalue weighted by molar-refractivity contribution is -0.148. The molecule has 0 heterocycles. The number of nitrogens with zero attached hydrogens (tertiary/aromatic N) is 2. The number of hydrogen-bond donors (Lipinski definition) is 0. The second-order valence-electron chi connectivity index (χ2n) is 3.99.